The Bertz CT molecular complexity index is 2260. The summed E-state index contributed by atoms with van der Waals surface area (Å²) >= 11 is 0. The van der Waals surface area contributed by atoms with E-state index in [0.717, 1.165) is 43.3 Å². The van der Waals surface area contributed by atoms with Crippen LogP contribution in [-0.2, 0) is 26.0 Å². The lowest BCUT2D eigenvalue weighted by Gasteiger charge is -2.72. The number of nitrogens with zero attached hydrogens (tertiary/aromatic N) is 3. The number of benzene rings is 1. The van der Waals surface area contributed by atoms with Crippen molar-refractivity contribution in [2.24, 2.45) is 50.7 Å². The molecule has 4 saturated carbocycles. The van der Waals surface area contributed by atoms with Crippen molar-refractivity contribution in [1.29, 1.82) is 5.26 Å². The van der Waals surface area contributed by atoms with Gasteiger partial charge in [0.05, 0.1) is 23.1 Å². The molecule has 0 bridgehead atoms. The average Bonchev–Trinajstić information content (AvgIpc) is 3.70. The number of nitrogens with one attached hydrogen (secondary N) is 1. The van der Waals surface area contributed by atoms with Gasteiger partial charge in [-0.1, -0.05) is 83.5 Å². The Morgan fingerprint density at radius 2 is 1.68 bits per heavy atom. The lowest BCUT2D eigenvalue weighted by atomic mass is 9.33. The van der Waals surface area contributed by atoms with E-state index in [1.807, 2.05) is 30.3 Å². The van der Waals surface area contributed by atoms with Crippen molar-refractivity contribution in [3.8, 4) is 11.9 Å². The first kappa shape index (κ1) is 44.7. The molecule has 340 valence electrons. The normalized spacial score (nSPS) is 38.0. The van der Waals surface area contributed by atoms with E-state index in [0.29, 0.717) is 71.5 Å². The number of rotatable bonds is 11. The molecular weight excluding hydrogens is 805 g/mol. The Labute approximate surface area is 377 Å². The third-order valence-corrected chi connectivity index (χ3v) is 20.9. The zero-order chi connectivity index (χ0) is 44.3. The number of pyridine rings is 1. The molecule has 0 radical (unpaired) electrons. The summed E-state index contributed by atoms with van der Waals surface area (Å²) in [7, 11) is -2.86. The monoisotopic (exact) mass is 877 g/mol. The van der Waals surface area contributed by atoms with E-state index in [-0.39, 0.29) is 35.6 Å². The number of ether oxygens (including phenoxy) is 2. The van der Waals surface area contributed by atoms with Gasteiger partial charge in [0.1, 0.15) is 18.6 Å². The van der Waals surface area contributed by atoms with Gasteiger partial charge in [0.25, 0.3) is 0 Å². The van der Waals surface area contributed by atoms with Gasteiger partial charge in [0.15, 0.2) is 9.84 Å². The van der Waals surface area contributed by atoms with E-state index in [9.17, 15) is 18.5 Å². The number of aromatic nitrogens is 1. The summed E-state index contributed by atoms with van der Waals surface area (Å²) in [6.07, 6.45) is 21.3. The Morgan fingerprint density at radius 1 is 0.889 bits per heavy atom. The highest BCUT2D eigenvalue weighted by atomic mass is 32.2. The first-order valence-corrected chi connectivity index (χ1v) is 26.2. The first-order chi connectivity index (χ1) is 30.1. The number of sulfone groups is 1. The molecule has 9 rings (SSSR count). The van der Waals surface area contributed by atoms with Crippen molar-refractivity contribution in [2.75, 3.05) is 44.3 Å². The van der Waals surface area contributed by atoms with Crippen LogP contribution in [0.3, 0.4) is 0 Å². The topological polar surface area (TPSA) is 122 Å². The van der Waals surface area contributed by atoms with E-state index >= 15 is 0 Å². The second-order valence-electron chi connectivity index (χ2n) is 22.3. The molecule has 1 N–H and O–H groups in total. The molecule has 3 unspecified atom stereocenters. The maximum atomic E-state index is 14.1. The van der Waals surface area contributed by atoms with Crippen LogP contribution in [-0.4, -0.2) is 74.1 Å². The van der Waals surface area contributed by atoms with Gasteiger partial charge in [0.2, 0.25) is 5.88 Å². The fourth-order valence-corrected chi connectivity index (χ4v) is 16.9. The zero-order valence-electron chi connectivity index (χ0n) is 38.7. The van der Waals surface area contributed by atoms with Gasteiger partial charge in [-0.15, -0.1) is 0 Å². The molecule has 9 nitrogen and oxygen atoms in total. The largest absolute Gasteiger partial charge is 0.476 e. The lowest BCUT2D eigenvalue weighted by molar-refractivity contribution is -0.218. The minimum Gasteiger partial charge on any atom is -0.476 e. The van der Waals surface area contributed by atoms with Gasteiger partial charge in [-0.2, -0.15) is 5.26 Å². The summed E-state index contributed by atoms with van der Waals surface area (Å²) < 4.78 is 36.4. The van der Waals surface area contributed by atoms with Crippen LogP contribution >= 0.6 is 0 Å². The molecule has 2 heterocycles. The number of fused-ring (bicyclic) bond motifs is 7. The molecule has 1 aromatic carbocycles. The van der Waals surface area contributed by atoms with Crippen LogP contribution < -0.4 is 10.1 Å². The Kier molecular flexibility index (Phi) is 11.9. The SMILES string of the molecule is CC1(C)C(C2=CCC(COc3cc(C#N)ccn3)(C(=O)OCc3ccccc3)CC2)=CC[C@@]2(C)C1CC[C@]1(C)C2CC[C@@H]2[C@H]3CCC[C@]3(NCCN3CCS(=O)(=O)CC3)CC[C@]21C. The van der Waals surface area contributed by atoms with Gasteiger partial charge in [0, 0.05) is 44.0 Å². The van der Waals surface area contributed by atoms with Crippen molar-refractivity contribution in [1.82, 2.24) is 15.2 Å². The molecule has 9 atom stereocenters. The smallest absolute Gasteiger partial charge is 0.316 e. The number of hydrogen-bond donors (Lipinski definition) is 1. The quantitative estimate of drug-likeness (QED) is 0.220. The summed E-state index contributed by atoms with van der Waals surface area (Å²) in [6, 6.07) is 15.3. The third-order valence-electron chi connectivity index (χ3n) is 19.2. The Balaban J connectivity index is 0.912. The fraction of sp³-hybridized carbons (Fsp3) is 0.679. The molecule has 6 aliphatic carbocycles. The van der Waals surface area contributed by atoms with Gasteiger partial charge in [-0.25, -0.2) is 13.4 Å². The van der Waals surface area contributed by atoms with Crippen LogP contribution in [0.2, 0.25) is 0 Å². The molecule has 1 aliphatic heterocycles. The molecule has 1 aromatic heterocycles. The molecule has 0 spiro atoms. The van der Waals surface area contributed by atoms with Crippen molar-refractivity contribution in [3.63, 3.8) is 0 Å². The van der Waals surface area contributed by atoms with Crippen LogP contribution in [0, 0.1) is 62.1 Å². The molecule has 5 fully saturated rings. The summed E-state index contributed by atoms with van der Waals surface area (Å²) in [4.78, 5) is 20.8. The third kappa shape index (κ3) is 7.82. The highest BCUT2D eigenvalue weighted by molar-refractivity contribution is 7.91. The van der Waals surface area contributed by atoms with Crippen LogP contribution in [0.1, 0.15) is 129 Å². The number of nitriles is 1. The minimum absolute atomic E-state index is 0.000473. The first-order valence-electron chi connectivity index (χ1n) is 24.3. The minimum atomic E-state index is -2.86. The summed E-state index contributed by atoms with van der Waals surface area (Å²) in [5, 5.41) is 13.7. The molecule has 2 aromatic rings. The summed E-state index contributed by atoms with van der Waals surface area (Å²) in [5.41, 5.74) is 4.49. The Hall–Kier alpha value is -3.52. The van der Waals surface area contributed by atoms with Crippen molar-refractivity contribution in [2.45, 2.75) is 130 Å². The van der Waals surface area contributed by atoms with Gasteiger partial charge < -0.3 is 19.7 Å². The highest BCUT2D eigenvalue weighted by Gasteiger charge is 2.69. The van der Waals surface area contributed by atoms with Crippen LogP contribution in [0.4, 0.5) is 0 Å². The van der Waals surface area contributed by atoms with Crippen LogP contribution in [0.25, 0.3) is 0 Å². The van der Waals surface area contributed by atoms with E-state index in [4.69, 9.17) is 9.47 Å². The van der Waals surface area contributed by atoms with Crippen molar-refractivity contribution in [3.05, 3.63) is 83.1 Å². The van der Waals surface area contributed by atoms with Gasteiger partial charge in [-0.3, -0.25) is 4.79 Å². The second-order valence-corrected chi connectivity index (χ2v) is 24.6. The molecule has 0 amide bonds. The van der Waals surface area contributed by atoms with Crippen LogP contribution in [0.5, 0.6) is 5.88 Å². The zero-order valence-corrected chi connectivity index (χ0v) is 39.5. The maximum absolute atomic E-state index is 14.1. The van der Waals surface area contributed by atoms with Crippen molar-refractivity contribution >= 4 is 15.8 Å². The predicted octanol–water partition coefficient (Wildman–Crippen LogP) is 9.64. The Morgan fingerprint density at radius 3 is 2.43 bits per heavy atom. The van der Waals surface area contributed by atoms with E-state index in [2.05, 4.69) is 68.0 Å². The standard InChI is InChI=1S/C53H72N4O5S/c1-48(2)41(40-15-23-52(24-16-40,37-62-46-34-39(35-54)19-27-55-46)47(58)61-36-38-10-7-6-8-11-38)17-21-49(3)44(48)18-22-51(5)45(49)14-13-42-43-12-9-20-53(43,26-25-50(42,51)4)56-28-29-57-30-32-63(59,60)33-31-57/h6-8,10-11,15,17,19,27,34,42-45,56H,9,12-14,16,18,20-26,28-33,36-37H2,1-5H3/t42-,43-,44?,45?,49+,50-,51-,52?,53+/m1/s1. The summed E-state index contributed by atoms with van der Waals surface area (Å²) in [6.45, 7) is 16.8. The maximum Gasteiger partial charge on any atom is 0.316 e. The number of carbonyl (C=O) groups excluding carboxylic acids is 1. The van der Waals surface area contributed by atoms with E-state index < -0.39 is 15.3 Å². The fourth-order valence-electron chi connectivity index (χ4n) is 15.6. The van der Waals surface area contributed by atoms with E-state index in [1.165, 1.54) is 68.9 Å². The lowest BCUT2D eigenvalue weighted by Crippen LogP contribution is -2.67. The summed E-state index contributed by atoms with van der Waals surface area (Å²) in [5.74, 6) is 3.43. The molecular formula is C53H72N4O5S. The molecule has 1 saturated heterocycles. The van der Waals surface area contributed by atoms with Gasteiger partial charge in [-0.05, 0) is 145 Å². The van der Waals surface area contributed by atoms with E-state index in [1.54, 1.807) is 18.3 Å². The number of esters is 1. The number of hydrogen-bond acceptors (Lipinski definition) is 9. The predicted molar refractivity (Wildman–Crippen MR) is 247 cm³/mol. The second kappa shape index (κ2) is 16.7. The number of carbonyl (C=O) groups is 1. The van der Waals surface area contributed by atoms with Crippen LogP contribution in [0.15, 0.2) is 72.0 Å². The number of allylic oxidation sites excluding steroid dienone is 4. The molecule has 63 heavy (non-hydrogen) atoms. The average molecular weight is 877 g/mol. The molecule has 10 heteroatoms. The van der Waals surface area contributed by atoms with Gasteiger partial charge >= 0.3 is 5.97 Å². The van der Waals surface area contributed by atoms with Crippen molar-refractivity contribution < 1.29 is 22.7 Å². The highest BCUT2D eigenvalue weighted by Crippen LogP contribution is 2.76. The molecule has 7 aliphatic rings.